The predicted octanol–water partition coefficient (Wildman–Crippen LogP) is 3.86. The lowest BCUT2D eigenvalue weighted by Crippen LogP contribution is -2.33. The number of aromatic nitrogens is 1. The Kier molecular flexibility index (Phi) is 5.67. The Morgan fingerprint density at radius 2 is 1.72 bits per heavy atom. The number of aromatic amines is 1. The van der Waals surface area contributed by atoms with Gasteiger partial charge in [-0.2, -0.15) is 0 Å². The average Bonchev–Trinajstić information content (AvgIpc) is 3.15. The van der Waals surface area contributed by atoms with Crippen molar-refractivity contribution in [2.45, 2.75) is 0 Å². The normalized spacial score (nSPS) is 11.4. The minimum Gasteiger partial charge on any atom is -0.366 e. The van der Waals surface area contributed by atoms with Crippen molar-refractivity contribution >= 4 is 33.6 Å². The van der Waals surface area contributed by atoms with Crippen LogP contribution in [0, 0.1) is 5.82 Å². The zero-order valence-electron chi connectivity index (χ0n) is 18.3. The zero-order valence-corrected chi connectivity index (χ0v) is 18.3. The van der Waals surface area contributed by atoms with E-state index in [0.717, 1.165) is 11.9 Å². The third-order valence-corrected chi connectivity index (χ3v) is 5.66. The van der Waals surface area contributed by atoms with E-state index in [9.17, 15) is 14.0 Å². The number of amides is 2. The SMILES string of the molecule is CN(C)CCN(C)C(=O)c1ccc2c(c1)[nH]c1c(C(N)=O)ccc(-c3ccccc3F)c12. The maximum absolute atomic E-state index is 14.6. The summed E-state index contributed by atoms with van der Waals surface area (Å²) in [6.07, 6.45) is 0. The van der Waals surface area contributed by atoms with Crippen molar-refractivity contribution in [1.29, 1.82) is 0 Å². The summed E-state index contributed by atoms with van der Waals surface area (Å²) in [7, 11) is 5.68. The van der Waals surface area contributed by atoms with Gasteiger partial charge < -0.3 is 20.5 Å². The van der Waals surface area contributed by atoms with Crippen LogP contribution in [0.5, 0.6) is 0 Å². The molecule has 6 nitrogen and oxygen atoms in total. The number of benzene rings is 3. The number of carbonyl (C=O) groups is 2. The average molecular weight is 432 g/mol. The van der Waals surface area contributed by atoms with Gasteiger partial charge in [0.1, 0.15) is 5.82 Å². The Labute approximate surface area is 185 Å². The van der Waals surface area contributed by atoms with Crippen molar-refractivity contribution < 1.29 is 14.0 Å². The van der Waals surface area contributed by atoms with E-state index in [1.807, 2.05) is 25.1 Å². The van der Waals surface area contributed by atoms with Crippen LogP contribution in [-0.2, 0) is 0 Å². The highest BCUT2D eigenvalue weighted by Crippen LogP contribution is 2.37. The molecule has 3 N–H and O–H groups in total. The number of fused-ring (bicyclic) bond motifs is 3. The van der Waals surface area contributed by atoms with Gasteiger partial charge in [-0.1, -0.05) is 30.3 Å². The number of nitrogens with one attached hydrogen (secondary N) is 1. The molecule has 164 valence electrons. The molecule has 32 heavy (non-hydrogen) atoms. The van der Waals surface area contributed by atoms with E-state index in [4.69, 9.17) is 5.73 Å². The Hall–Kier alpha value is -3.71. The van der Waals surface area contributed by atoms with Crippen LogP contribution >= 0.6 is 0 Å². The largest absolute Gasteiger partial charge is 0.366 e. The first kappa shape index (κ1) is 21.5. The number of nitrogens with zero attached hydrogens (tertiary/aromatic N) is 2. The smallest absolute Gasteiger partial charge is 0.253 e. The molecule has 0 atom stereocenters. The van der Waals surface area contributed by atoms with E-state index < -0.39 is 5.91 Å². The minimum atomic E-state index is -0.582. The predicted molar refractivity (Wildman–Crippen MR) is 125 cm³/mol. The Morgan fingerprint density at radius 1 is 0.969 bits per heavy atom. The summed E-state index contributed by atoms with van der Waals surface area (Å²) in [5.41, 5.74) is 8.72. The molecule has 4 aromatic rings. The second kappa shape index (κ2) is 8.43. The van der Waals surface area contributed by atoms with E-state index in [0.29, 0.717) is 45.2 Å². The van der Waals surface area contributed by atoms with Crippen LogP contribution in [0.1, 0.15) is 20.7 Å². The van der Waals surface area contributed by atoms with E-state index in [-0.39, 0.29) is 11.7 Å². The Morgan fingerprint density at radius 3 is 2.41 bits per heavy atom. The number of primary amides is 1. The fourth-order valence-corrected chi connectivity index (χ4v) is 3.93. The fourth-order valence-electron chi connectivity index (χ4n) is 3.93. The first-order valence-electron chi connectivity index (χ1n) is 10.3. The summed E-state index contributed by atoms with van der Waals surface area (Å²) in [5.74, 6) is -1.04. The number of likely N-dealkylation sites (N-methyl/N-ethyl adjacent to an activating group) is 2. The van der Waals surface area contributed by atoms with Crippen molar-refractivity contribution in [3.63, 3.8) is 0 Å². The topological polar surface area (TPSA) is 82.4 Å². The molecule has 0 unspecified atom stereocenters. The third-order valence-electron chi connectivity index (χ3n) is 5.66. The molecule has 7 heteroatoms. The number of nitrogens with two attached hydrogens (primary N) is 1. The number of carbonyl (C=O) groups excluding carboxylic acids is 2. The summed E-state index contributed by atoms with van der Waals surface area (Å²) >= 11 is 0. The van der Waals surface area contributed by atoms with Gasteiger partial charge in [-0.25, -0.2) is 4.39 Å². The number of halogens is 1. The Bertz CT molecular complexity index is 1340. The third kappa shape index (κ3) is 3.83. The number of hydrogen-bond acceptors (Lipinski definition) is 3. The monoisotopic (exact) mass is 432 g/mol. The van der Waals surface area contributed by atoms with Gasteiger partial charge in [0.05, 0.1) is 11.1 Å². The van der Waals surface area contributed by atoms with Crippen LogP contribution in [0.2, 0.25) is 0 Å². The molecule has 0 bridgehead atoms. The van der Waals surface area contributed by atoms with Crippen molar-refractivity contribution in [3.8, 4) is 11.1 Å². The lowest BCUT2D eigenvalue weighted by Gasteiger charge is -2.19. The van der Waals surface area contributed by atoms with Gasteiger partial charge in [-0.3, -0.25) is 9.59 Å². The lowest BCUT2D eigenvalue weighted by molar-refractivity contribution is 0.0786. The fraction of sp³-hybridized carbons (Fsp3) is 0.200. The number of hydrogen-bond donors (Lipinski definition) is 2. The second-order valence-electron chi connectivity index (χ2n) is 8.17. The van der Waals surface area contributed by atoms with Gasteiger partial charge in [0, 0.05) is 47.6 Å². The molecule has 0 spiro atoms. The number of H-pyrrole nitrogens is 1. The first-order chi connectivity index (χ1) is 15.3. The van der Waals surface area contributed by atoms with Crippen LogP contribution < -0.4 is 5.73 Å². The van der Waals surface area contributed by atoms with E-state index in [2.05, 4.69) is 4.98 Å². The van der Waals surface area contributed by atoms with E-state index in [1.54, 1.807) is 54.4 Å². The van der Waals surface area contributed by atoms with E-state index >= 15 is 0 Å². The second-order valence-corrected chi connectivity index (χ2v) is 8.17. The minimum absolute atomic E-state index is 0.100. The number of rotatable bonds is 6. The van der Waals surface area contributed by atoms with Crippen molar-refractivity contribution in [2.75, 3.05) is 34.2 Å². The summed E-state index contributed by atoms with van der Waals surface area (Å²) in [5, 5.41) is 1.48. The van der Waals surface area contributed by atoms with Crippen molar-refractivity contribution in [3.05, 3.63) is 71.5 Å². The van der Waals surface area contributed by atoms with Gasteiger partial charge in [0.25, 0.3) is 11.8 Å². The quantitative estimate of drug-likeness (QED) is 0.485. The molecule has 0 aliphatic carbocycles. The van der Waals surface area contributed by atoms with Crippen LogP contribution in [0.25, 0.3) is 32.9 Å². The van der Waals surface area contributed by atoms with Crippen LogP contribution in [0.15, 0.2) is 54.6 Å². The maximum atomic E-state index is 14.6. The molecule has 3 aromatic carbocycles. The van der Waals surface area contributed by atoms with Crippen LogP contribution in [0.4, 0.5) is 4.39 Å². The molecule has 0 aliphatic heterocycles. The molecule has 2 amide bonds. The van der Waals surface area contributed by atoms with Crippen LogP contribution in [-0.4, -0.2) is 60.8 Å². The van der Waals surface area contributed by atoms with Crippen molar-refractivity contribution in [1.82, 2.24) is 14.8 Å². The molecule has 1 heterocycles. The van der Waals surface area contributed by atoms with Gasteiger partial charge in [0.15, 0.2) is 0 Å². The summed E-state index contributed by atoms with van der Waals surface area (Å²) in [6, 6.07) is 15.2. The highest BCUT2D eigenvalue weighted by molar-refractivity contribution is 6.20. The molecule has 0 aliphatic rings. The molecule has 1 aromatic heterocycles. The standard InChI is InChI=1S/C25H25FN4O2/c1-29(2)12-13-30(3)25(32)15-8-9-18-21(14-15)28-23-19(24(27)31)11-10-17(22(18)23)16-6-4-5-7-20(16)26/h4-11,14,28H,12-13H2,1-3H3,(H2,27,31). The molecular weight excluding hydrogens is 407 g/mol. The maximum Gasteiger partial charge on any atom is 0.253 e. The zero-order chi connectivity index (χ0) is 23.0. The first-order valence-corrected chi connectivity index (χ1v) is 10.3. The lowest BCUT2D eigenvalue weighted by atomic mass is 9.96. The van der Waals surface area contributed by atoms with Gasteiger partial charge in [-0.05, 0) is 43.9 Å². The van der Waals surface area contributed by atoms with Crippen LogP contribution in [0.3, 0.4) is 0 Å². The van der Waals surface area contributed by atoms with E-state index in [1.165, 1.54) is 6.07 Å². The molecule has 0 radical (unpaired) electrons. The molecular formula is C25H25FN4O2. The van der Waals surface area contributed by atoms with Gasteiger partial charge in [0.2, 0.25) is 0 Å². The molecule has 0 saturated heterocycles. The molecule has 0 saturated carbocycles. The summed E-state index contributed by atoms with van der Waals surface area (Å²) in [6.45, 7) is 1.35. The highest BCUT2D eigenvalue weighted by atomic mass is 19.1. The Balaban J connectivity index is 1.89. The summed E-state index contributed by atoms with van der Waals surface area (Å²) < 4.78 is 14.6. The highest BCUT2D eigenvalue weighted by Gasteiger charge is 2.19. The molecule has 0 fully saturated rings. The van der Waals surface area contributed by atoms with Gasteiger partial charge >= 0.3 is 0 Å². The molecule has 4 rings (SSSR count). The van der Waals surface area contributed by atoms with Gasteiger partial charge in [-0.15, -0.1) is 0 Å². The summed E-state index contributed by atoms with van der Waals surface area (Å²) in [4.78, 5) is 31.9. The van der Waals surface area contributed by atoms with Crippen molar-refractivity contribution in [2.24, 2.45) is 5.73 Å².